The van der Waals surface area contributed by atoms with E-state index in [0.29, 0.717) is 5.92 Å². The molecule has 214 valence electrons. The molecule has 0 saturated heterocycles. The van der Waals surface area contributed by atoms with Crippen LogP contribution in [0.4, 0.5) is 0 Å². The lowest BCUT2D eigenvalue weighted by Gasteiger charge is -2.33. The molecule has 2 aliphatic rings. The second-order valence-corrected chi connectivity index (χ2v) is 13.3. The van der Waals surface area contributed by atoms with E-state index in [9.17, 15) is 0 Å². The van der Waals surface area contributed by atoms with Crippen molar-refractivity contribution in [1.82, 2.24) is 0 Å². The average molecular weight is 567 g/mol. The Kier molecular flexibility index (Phi) is 6.42. The molecular formula is C44H38. The predicted octanol–water partition coefficient (Wildman–Crippen LogP) is 11.1. The van der Waals surface area contributed by atoms with E-state index in [0.717, 1.165) is 19.3 Å². The summed E-state index contributed by atoms with van der Waals surface area (Å²) in [6.07, 6.45) is 3.22. The molecule has 0 spiro atoms. The normalized spacial score (nSPS) is 15.1. The van der Waals surface area contributed by atoms with Crippen molar-refractivity contribution in [2.75, 3.05) is 0 Å². The van der Waals surface area contributed by atoms with Gasteiger partial charge in [-0.05, 0) is 116 Å². The van der Waals surface area contributed by atoms with Gasteiger partial charge in [-0.3, -0.25) is 0 Å². The Bertz CT molecular complexity index is 2020. The van der Waals surface area contributed by atoms with Crippen molar-refractivity contribution in [2.45, 2.75) is 51.4 Å². The molecule has 2 aliphatic carbocycles. The van der Waals surface area contributed by atoms with Gasteiger partial charge in [0.15, 0.2) is 0 Å². The van der Waals surface area contributed by atoms with Crippen molar-refractivity contribution in [1.29, 1.82) is 0 Å². The van der Waals surface area contributed by atoms with Crippen LogP contribution in [0.15, 0.2) is 133 Å². The van der Waals surface area contributed by atoms with Crippen LogP contribution < -0.4 is 0 Å². The highest BCUT2D eigenvalue weighted by Crippen LogP contribution is 2.46. The summed E-state index contributed by atoms with van der Waals surface area (Å²) in [6.45, 7) is 7.03. The summed E-state index contributed by atoms with van der Waals surface area (Å²) in [6, 6.07) is 50.3. The van der Waals surface area contributed by atoms with Crippen molar-refractivity contribution in [2.24, 2.45) is 0 Å². The monoisotopic (exact) mass is 566 g/mol. The highest BCUT2D eigenvalue weighted by Gasteiger charge is 2.31. The minimum Gasteiger partial charge on any atom is -0.0622 e. The van der Waals surface area contributed by atoms with Crippen LogP contribution in [0.3, 0.4) is 0 Å². The van der Waals surface area contributed by atoms with Gasteiger partial charge in [-0.25, -0.2) is 0 Å². The van der Waals surface area contributed by atoms with E-state index >= 15 is 0 Å². The van der Waals surface area contributed by atoms with E-state index in [4.69, 9.17) is 0 Å². The van der Waals surface area contributed by atoms with E-state index in [2.05, 4.69) is 154 Å². The lowest BCUT2D eigenvalue weighted by Crippen LogP contribution is -2.23. The molecule has 44 heavy (non-hydrogen) atoms. The fourth-order valence-electron chi connectivity index (χ4n) is 8.14. The fraction of sp³-hybridized carbons (Fsp3) is 0.182. The van der Waals surface area contributed by atoms with Gasteiger partial charge in [0.1, 0.15) is 0 Å². The van der Waals surface area contributed by atoms with Crippen LogP contribution in [0.25, 0.3) is 33.4 Å². The third kappa shape index (κ3) is 4.36. The molecule has 0 nitrogen and oxygen atoms in total. The first-order valence-electron chi connectivity index (χ1n) is 16.1. The summed E-state index contributed by atoms with van der Waals surface area (Å²) < 4.78 is 0. The lowest BCUT2D eigenvalue weighted by molar-refractivity contribution is 0.625. The maximum absolute atomic E-state index is 2.46. The predicted molar refractivity (Wildman–Crippen MR) is 185 cm³/mol. The molecule has 0 amide bonds. The molecule has 0 heteroatoms. The second kappa shape index (κ2) is 10.5. The van der Waals surface area contributed by atoms with Gasteiger partial charge in [-0.15, -0.1) is 0 Å². The van der Waals surface area contributed by atoms with Gasteiger partial charge in [-0.2, -0.15) is 0 Å². The van der Waals surface area contributed by atoms with Crippen LogP contribution >= 0.6 is 0 Å². The van der Waals surface area contributed by atoms with Crippen LogP contribution in [0, 0.1) is 6.92 Å². The Morgan fingerprint density at radius 3 is 2.05 bits per heavy atom. The molecule has 0 N–H and O–H groups in total. The Balaban J connectivity index is 1.23. The Morgan fingerprint density at radius 2 is 1.20 bits per heavy atom. The molecule has 0 bridgehead atoms. The molecular weight excluding hydrogens is 528 g/mol. The first kappa shape index (κ1) is 26.9. The summed E-state index contributed by atoms with van der Waals surface area (Å²) in [5.74, 6) is 0.376. The standard InChI is InChI=1S/C44H38/c1-29-12-7-10-18-42(29)44(2,3)43-19-11-17-36-38(43)25-22-31-20-21-32(26-39(31)36)33-23-24-37-40(30-13-5-4-6-14-30)28-34-15-8-9-16-35(34)41(37)27-33/h4-21,23-24,26-27,40H,22,25,28H2,1-3H3. The first-order valence-corrected chi connectivity index (χ1v) is 16.1. The number of benzene rings is 6. The van der Waals surface area contributed by atoms with Crippen LogP contribution in [0.1, 0.15) is 64.3 Å². The Hall–Kier alpha value is -4.68. The van der Waals surface area contributed by atoms with Gasteiger partial charge >= 0.3 is 0 Å². The van der Waals surface area contributed by atoms with E-state index in [1.807, 2.05) is 0 Å². The van der Waals surface area contributed by atoms with Crippen molar-refractivity contribution in [3.05, 3.63) is 178 Å². The quantitative estimate of drug-likeness (QED) is 0.199. The van der Waals surface area contributed by atoms with E-state index in [1.54, 1.807) is 0 Å². The molecule has 0 fully saturated rings. The summed E-state index contributed by atoms with van der Waals surface area (Å²) in [7, 11) is 0. The Labute approximate surface area is 262 Å². The smallest absolute Gasteiger partial charge is 0.0152 e. The number of aryl methyl sites for hydroxylation is 2. The van der Waals surface area contributed by atoms with Gasteiger partial charge < -0.3 is 0 Å². The maximum Gasteiger partial charge on any atom is 0.0152 e. The lowest BCUT2D eigenvalue weighted by atomic mass is 9.71. The molecule has 1 atom stereocenters. The fourth-order valence-corrected chi connectivity index (χ4v) is 8.14. The molecule has 6 aromatic carbocycles. The first-order chi connectivity index (χ1) is 21.5. The summed E-state index contributed by atoms with van der Waals surface area (Å²) in [4.78, 5) is 0. The molecule has 1 unspecified atom stereocenters. The number of fused-ring (bicyclic) bond motifs is 6. The summed E-state index contributed by atoms with van der Waals surface area (Å²) >= 11 is 0. The van der Waals surface area contributed by atoms with E-state index in [-0.39, 0.29) is 5.41 Å². The SMILES string of the molecule is Cc1ccccc1C(C)(C)c1cccc2c1CCc1ccc(-c3ccc4c(c3)-c3ccccc3CC4c3ccccc3)cc1-2. The minimum absolute atomic E-state index is 0.0625. The number of hydrogen-bond acceptors (Lipinski definition) is 0. The average Bonchev–Trinajstić information content (AvgIpc) is 3.07. The minimum atomic E-state index is -0.0625. The van der Waals surface area contributed by atoms with Gasteiger partial charge in [-0.1, -0.05) is 135 Å². The summed E-state index contributed by atoms with van der Waals surface area (Å²) in [5.41, 5.74) is 19.5. The third-order valence-electron chi connectivity index (χ3n) is 10.4. The van der Waals surface area contributed by atoms with Crippen molar-refractivity contribution >= 4 is 0 Å². The number of hydrogen-bond donors (Lipinski definition) is 0. The molecule has 0 radical (unpaired) electrons. The highest BCUT2D eigenvalue weighted by molar-refractivity contribution is 5.84. The van der Waals surface area contributed by atoms with E-state index < -0.39 is 0 Å². The number of rotatable bonds is 4. The van der Waals surface area contributed by atoms with Crippen molar-refractivity contribution < 1.29 is 0 Å². The van der Waals surface area contributed by atoms with Gasteiger partial charge in [0.2, 0.25) is 0 Å². The molecule has 6 aromatic rings. The Morgan fingerprint density at radius 1 is 0.523 bits per heavy atom. The van der Waals surface area contributed by atoms with Crippen LogP contribution in [0.5, 0.6) is 0 Å². The van der Waals surface area contributed by atoms with Crippen molar-refractivity contribution in [3.63, 3.8) is 0 Å². The molecule has 0 heterocycles. The molecule has 0 saturated carbocycles. The van der Waals surface area contributed by atoms with Gasteiger partial charge in [0, 0.05) is 11.3 Å². The topological polar surface area (TPSA) is 0 Å². The zero-order chi connectivity index (χ0) is 29.8. The largest absolute Gasteiger partial charge is 0.0622 e. The third-order valence-corrected chi connectivity index (χ3v) is 10.4. The van der Waals surface area contributed by atoms with E-state index in [1.165, 1.54) is 77.9 Å². The van der Waals surface area contributed by atoms with Crippen molar-refractivity contribution in [3.8, 4) is 33.4 Å². The second-order valence-electron chi connectivity index (χ2n) is 13.3. The zero-order valence-electron chi connectivity index (χ0n) is 25.9. The molecule has 0 aromatic heterocycles. The van der Waals surface area contributed by atoms with Gasteiger partial charge in [0.25, 0.3) is 0 Å². The molecule has 0 aliphatic heterocycles. The van der Waals surface area contributed by atoms with Crippen LogP contribution in [-0.4, -0.2) is 0 Å². The van der Waals surface area contributed by atoms with Crippen LogP contribution in [-0.2, 0) is 24.7 Å². The van der Waals surface area contributed by atoms with Gasteiger partial charge in [0.05, 0.1) is 0 Å². The highest BCUT2D eigenvalue weighted by atomic mass is 14.3. The zero-order valence-corrected chi connectivity index (χ0v) is 25.9. The summed E-state index contributed by atoms with van der Waals surface area (Å²) in [5, 5.41) is 0. The van der Waals surface area contributed by atoms with Crippen LogP contribution in [0.2, 0.25) is 0 Å². The maximum atomic E-state index is 2.46. The molecule has 8 rings (SSSR count).